The fourth-order valence-corrected chi connectivity index (χ4v) is 3.31. The van der Waals surface area contributed by atoms with Crippen LogP contribution in [0.25, 0.3) is 0 Å². The van der Waals surface area contributed by atoms with E-state index in [-0.39, 0.29) is 24.3 Å². The van der Waals surface area contributed by atoms with Gasteiger partial charge < -0.3 is 19.9 Å². The number of rotatable bonds is 6. The smallest absolute Gasteiger partial charge is 0.318 e. The number of nitrogens with one attached hydrogen (secondary N) is 1. The minimum Gasteiger partial charge on any atom is -0.491 e. The first-order valence-electron chi connectivity index (χ1n) is 9.68. The summed E-state index contributed by atoms with van der Waals surface area (Å²) in [6.45, 7) is 6.03. The average Bonchev–Trinajstić information content (AvgIpc) is 2.70. The van der Waals surface area contributed by atoms with Crippen molar-refractivity contribution in [1.82, 2.24) is 15.1 Å². The summed E-state index contributed by atoms with van der Waals surface area (Å²) in [6.07, 6.45) is 0. The third-order valence-corrected chi connectivity index (χ3v) is 4.93. The fraction of sp³-hybridized carbons (Fsp3) is 0.364. The lowest BCUT2D eigenvalue weighted by Crippen LogP contribution is -2.54. The van der Waals surface area contributed by atoms with Gasteiger partial charge in [0.15, 0.2) is 0 Å². The van der Waals surface area contributed by atoms with Crippen molar-refractivity contribution in [3.63, 3.8) is 0 Å². The van der Waals surface area contributed by atoms with Crippen LogP contribution >= 0.6 is 0 Å². The van der Waals surface area contributed by atoms with E-state index in [1.165, 1.54) is 17.0 Å². The summed E-state index contributed by atoms with van der Waals surface area (Å²) >= 11 is 0. The predicted octanol–water partition coefficient (Wildman–Crippen LogP) is 2.88. The predicted molar refractivity (Wildman–Crippen MR) is 108 cm³/mol. The van der Waals surface area contributed by atoms with Gasteiger partial charge in [0.05, 0.1) is 6.54 Å². The molecule has 1 aliphatic rings. The van der Waals surface area contributed by atoms with Crippen LogP contribution in [-0.4, -0.2) is 54.5 Å². The third-order valence-electron chi connectivity index (χ3n) is 4.93. The highest BCUT2D eigenvalue weighted by molar-refractivity contribution is 5.85. The van der Waals surface area contributed by atoms with Crippen molar-refractivity contribution in [3.05, 3.63) is 65.0 Å². The Labute approximate surface area is 170 Å². The SMILES string of the molecule is Cc1cccc(C)c1OCCNC(=O)N1CCN(Cc2ccc(F)cc2)C(=O)C1. The number of carbonyl (C=O) groups excluding carboxylic acids is 2. The van der Waals surface area contributed by atoms with Crippen LogP contribution in [-0.2, 0) is 11.3 Å². The number of benzene rings is 2. The van der Waals surface area contributed by atoms with E-state index in [0.717, 1.165) is 22.4 Å². The number of ether oxygens (including phenoxy) is 1. The Morgan fingerprint density at radius 1 is 1.10 bits per heavy atom. The maximum absolute atomic E-state index is 13.0. The van der Waals surface area contributed by atoms with Crippen molar-refractivity contribution in [1.29, 1.82) is 0 Å². The zero-order chi connectivity index (χ0) is 20.8. The molecule has 0 radical (unpaired) electrons. The number of carbonyl (C=O) groups is 2. The third kappa shape index (κ3) is 5.47. The molecule has 0 unspecified atom stereocenters. The highest BCUT2D eigenvalue weighted by atomic mass is 19.1. The van der Waals surface area contributed by atoms with E-state index in [1.54, 1.807) is 17.0 Å². The second-order valence-corrected chi connectivity index (χ2v) is 7.16. The van der Waals surface area contributed by atoms with Crippen molar-refractivity contribution < 1.29 is 18.7 Å². The van der Waals surface area contributed by atoms with Gasteiger partial charge in [-0.1, -0.05) is 30.3 Å². The quantitative estimate of drug-likeness (QED) is 0.760. The normalized spacial score (nSPS) is 14.1. The largest absolute Gasteiger partial charge is 0.491 e. The summed E-state index contributed by atoms with van der Waals surface area (Å²) in [5.74, 6) is 0.414. The summed E-state index contributed by atoms with van der Waals surface area (Å²) in [4.78, 5) is 27.9. The van der Waals surface area contributed by atoms with Crippen LogP contribution in [0.3, 0.4) is 0 Å². The van der Waals surface area contributed by atoms with Crippen LogP contribution < -0.4 is 10.1 Å². The van der Waals surface area contributed by atoms with Gasteiger partial charge in [0.25, 0.3) is 0 Å². The molecule has 0 saturated carbocycles. The minimum absolute atomic E-state index is 0.0325. The van der Waals surface area contributed by atoms with E-state index in [0.29, 0.717) is 32.8 Å². The summed E-state index contributed by atoms with van der Waals surface area (Å²) in [7, 11) is 0. The monoisotopic (exact) mass is 399 g/mol. The Kier molecular flexibility index (Phi) is 6.69. The molecule has 3 amide bonds. The number of amides is 3. The van der Waals surface area contributed by atoms with E-state index in [4.69, 9.17) is 4.74 Å². The van der Waals surface area contributed by atoms with Gasteiger partial charge in [-0.2, -0.15) is 0 Å². The highest BCUT2D eigenvalue weighted by Crippen LogP contribution is 2.21. The number of halogens is 1. The number of piperazine rings is 1. The molecular weight excluding hydrogens is 373 g/mol. The fourth-order valence-electron chi connectivity index (χ4n) is 3.31. The van der Waals surface area contributed by atoms with Crippen molar-refractivity contribution in [2.75, 3.05) is 32.8 Å². The summed E-state index contributed by atoms with van der Waals surface area (Å²) in [6, 6.07) is 11.8. The molecule has 0 spiro atoms. The van der Waals surface area contributed by atoms with E-state index < -0.39 is 0 Å². The summed E-state index contributed by atoms with van der Waals surface area (Å²) in [5, 5.41) is 2.80. The number of hydrogen-bond donors (Lipinski definition) is 1. The molecule has 3 rings (SSSR count). The van der Waals surface area contributed by atoms with Gasteiger partial charge in [0.1, 0.15) is 24.7 Å². The lowest BCUT2D eigenvalue weighted by atomic mass is 10.1. The molecule has 29 heavy (non-hydrogen) atoms. The first-order chi connectivity index (χ1) is 13.9. The molecule has 0 aromatic heterocycles. The number of nitrogens with zero attached hydrogens (tertiary/aromatic N) is 2. The molecule has 6 nitrogen and oxygen atoms in total. The van der Waals surface area contributed by atoms with Crippen molar-refractivity contribution >= 4 is 11.9 Å². The highest BCUT2D eigenvalue weighted by Gasteiger charge is 2.26. The van der Waals surface area contributed by atoms with Gasteiger partial charge in [0.2, 0.25) is 5.91 Å². The maximum Gasteiger partial charge on any atom is 0.318 e. The van der Waals surface area contributed by atoms with Crippen LogP contribution in [0.5, 0.6) is 5.75 Å². The van der Waals surface area contributed by atoms with Gasteiger partial charge in [-0.3, -0.25) is 4.79 Å². The van der Waals surface area contributed by atoms with Crippen LogP contribution in [0, 0.1) is 19.7 Å². The molecule has 1 aliphatic heterocycles. The topological polar surface area (TPSA) is 61.9 Å². The molecule has 2 aromatic carbocycles. The van der Waals surface area contributed by atoms with E-state index in [9.17, 15) is 14.0 Å². The molecule has 0 aliphatic carbocycles. The van der Waals surface area contributed by atoms with Crippen molar-refractivity contribution in [3.8, 4) is 5.75 Å². The number of para-hydroxylation sites is 1. The molecule has 0 atom stereocenters. The molecule has 1 saturated heterocycles. The molecule has 0 bridgehead atoms. The van der Waals surface area contributed by atoms with Crippen LogP contribution in [0.1, 0.15) is 16.7 Å². The molecule has 2 aromatic rings. The van der Waals surface area contributed by atoms with Crippen LogP contribution in [0.2, 0.25) is 0 Å². The van der Waals surface area contributed by atoms with Gasteiger partial charge in [0, 0.05) is 19.6 Å². The van der Waals surface area contributed by atoms with Crippen molar-refractivity contribution in [2.45, 2.75) is 20.4 Å². The molecule has 1 N–H and O–H groups in total. The van der Waals surface area contributed by atoms with E-state index in [1.807, 2.05) is 32.0 Å². The number of urea groups is 1. The van der Waals surface area contributed by atoms with Gasteiger partial charge in [-0.05, 0) is 42.7 Å². The maximum atomic E-state index is 13.0. The first-order valence-corrected chi connectivity index (χ1v) is 9.68. The van der Waals surface area contributed by atoms with Gasteiger partial charge in [-0.15, -0.1) is 0 Å². The van der Waals surface area contributed by atoms with Crippen LogP contribution in [0.15, 0.2) is 42.5 Å². The lowest BCUT2D eigenvalue weighted by Gasteiger charge is -2.34. The first kappa shape index (κ1) is 20.6. The summed E-state index contributed by atoms with van der Waals surface area (Å²) in [5.41, 5.74) is 2.97. The number of aryl methyl sites for hydroxylation is 2. The average molecular weight is 399 g/mol. The Hall–Kier alpha value is -3.09. The molecular formula is C22H26FN3O3. The second kappa shape index (κ2) is 9.41. The number of hydrogen-bond acceptors (Lipinski definition) is 3. The van der Waals surface area contributed by atoms with Gasteiger partial charge in [-0.25, -0.2) is 9.18 Å². The van der Waals surface area contributed by atoms with Gasteiger partial charge >= 0.3 is 6.03 Å². The Bertz CT molecular complexity index is 850. The van der Waals surface area contributed by atoms with E-state index in [2.05, 4.69) is 5.32 Å². The molecule has 1 heterocycles. The molecule has 154 valence electrons. The Balaban J connectivity index is 1.42. The Morgan fingerprint density at radius 3 is 2.45 bits per heavy atom. The molecule has 1 fully saturated rings. The standard InChI is InChI=1S/C22H26FN3O3/c1-16-4-3-5-17(2)21(16)29-13-10-24-22(28)26-12-11-25(20(27)15-26)14-18-6-8-19(23)9-7-18/h3-9H,10-15H2,1-2H3,(H,24,28). The van der Waals surface area contributed by atoms with Crippen LogP contribution in [0.4, 0.5) is 9.18 Å². The Morgan fingerprint density at radius 2 is 1.79 bits per heavy atom. The van der Waals surface area contributed by atoms with Crippen molar-refractivity contribution in [2.24, 2.45) is 0 Å². The zero-order valence-electron chi connectivity index (χ0n) is 16.8. The lowest BCUT2D eigenvalue weighted by molar-refractivity contribution is -0.135. The summed E-state index contributed by atoms with van der Waals surface area (Å²) < 4.78 is 18.8. The second-order valence-electron chi connectivity index (χ2n) is 7.16. The van der Waals surface area contributed by atoms with E-state index >= 15 is 0 Å². The minimum atomic E-state index is -0.303. The molecule has 7 heteroatoms. The zero-order valence-corrected chi connectivity index (χ0v) is 16.8.